The fraction of sp³-hybridized carbons (Fsp3) is 0.231. The predicted molar refractivity (Wildman–Crippen MR) is 129 cm³/mol. The van der Waals surface area contributed by atoms with Crippen molar-refractivity contribution in [1.29, 1.82) is 0 Å². The number of fused-ring (bicyclic) bond motifs is 7. The standard InChI is InChI=1S/C26H24NO3P/c1-28-17-20-9-6-16-27(20)31-29-23-14-12-18-7-2-4-10-21(18)25(23)26-22-11-5-3-8-19(22)13-15-24(26)30-31/h2-5,7-8,10-15,20H,6,9,16-17H2,1H3/t20-/m1/s1. The van der Waals surface area contributed by atoms with Gasteiger partial charge in [-0.15, -0.1) is 0 Å². The molecule has 31 heavy (non-hydrogen) atoms. The molecule has 1 aliphatic rings. The molecule has 5 aromatic rings. The van der Waals surface area contributed by atoms with Gasteiger partial charge >= 0.3 is 8.16 Å². The van der Waals surface area contributed by atoms with Gasteiger partial charge in [0, 0.05) is 30.5 Å². The Balaban J connectivity index is 1.79. The molecule has 0 N–H and O–H groups in total. The zero-order chi connectivity index (χ0) is 20.8. The molecule has 1 aliphatic heterocycles. The van der Waals surface area contributed by atoms with Gasteiger partial charge in [0.25, 0.3) is 0 Å². The molecular weight excluding hydrogens is 405 g/mol. The van der Waals surface area contributed by atoms with E-state index in [0.717, 1.165) is 41.3 Å². The van der Waals surface area contributed by atoms with E-state index in [1.165, 1.54) is 21.5 Å². The van der Waals surface area contributed by atoms with Crippen molar-refractivity contribution in [2.75, 3.05) is 24.9 Å². The summed E-state index contributed by atoms with van der Waals surface area (Å²) in [5.41, 5.74) is 1.78. The first-order valence-corrected chi connectivity index (χ1v) is 11.9. The first kappa shape index (κ1) is 18.9. The summed E-state index contributed by atoms with van der Waals surface area (Å²) in [6.45, 7) is 1.66. The molecule has 156 valence electrons. The van der Waals surface area contributed by atoms with Crippen LogP contribution in [-0.4, -0.2) is 26.3 Å². The highest BCUT2D eigenvalue weighted by atomic mass is 31.1. The number of methoxy groups -OCH3 is 1. The highest BCUT2D eigenvalue weighted by molar-refractivity contribution is 7.39. The lowest BCUT2D eigenvalue weighted by Crippen LogP contribution is -2.30. The number of ether oxygens (including phenoxy) is 1. The topological polar surface area (TPSA) is 38.8 Å². The van der Waals surface area contributed by atoms with Crippen molar-refractivity contribution < 1.29 is 13.1 Å². The normalized spacial score (nSPS) is 17.3. The number of rotatable bonds is 3. The molecule has 0 amide bonds. The molecule has 0 saturated carbocycles. The molecule has 1 aromatic heterocycles. The summed E-state index contributed by atoms with van der Waals surface area (Å²) in [6.07, 6.45) is 2.24. The summed E-state index contributed by atoms with van der Waals surface area (Å²) >= 11 is 0. The van der Waals surface area contributed by atoms with Crippen molar-refractivity contribution in [1.82, 2.24) is 0 Å². The molecule has 1 saturated heterocycles. The van der Waals surface area contributed by atoms with Crippen LogP contribution in [0.25, 0.3) is 43.5 Å². The third-order valence-electron chi connectivity index (χ3n) is 6.30. The minimum Gasteiger partial charge on any atom is -0.408 e. The third-order valence-corrected chi connectivity index (χ3v) is 7.95. The van der Waals surface area contributed by atoms with Crippen molar-refractivity contribution in [2.24, 2.45) is 0 Å². The second kappa shape index (κ2) is 7.72. The number of benzene rings is 4. The maximum Gasteiger partial charge on any atom is 0.310 e. The molecule has 4 aromatic carbocycles. The van der Waals surface area contributed by atoms with Crippen molar-refractivity contribution in [3.05, 3.63) is 72.8 Å². The van der Waals surface area contributed by atoms with E-state index < -0.39 is 8.16 Å². The zero-order valence-corrected chi connectivity index (χ0v) is 18.3. The highest BCUT2D eigenvalue weighted by Gasteiger charge is 2.29. The molecule has 1 fully saturated rings. The van der Waals surface area contributed by atoms with Gasteiger partial charge in [-0.1, -0.05) is 60.7 Å². The highest BCUT2D eigenvalue weighted by Crippen LogP contribution is 2.43. The maximum atomic E-state index is 6.67. The van der Waals surface area contributed by atoms with Crippen LogP contribution in [0.15, 0.2) is 81.2 Å². The van der Waals surface area contributed by atoms with Crippen LogP contribution in [0.5, 0.6) is 0 Å². The van der Waals surface area contributed by atoms with Gasteiger partial charge in [-0.05, 0) is 46.5 Å². The Morgan fingerprint density at radius 1 is 0.839 bits per heavy atom. The van der Waals surface area contributed by atoms with Crippen LogP contribution in [0.4, 0.5) is 0 Å². The SMILES string of the molecule is COC[C@H]1CCCN1p1oc2ccc3ccccc3c2c2c(ccc3ccccc32)o1. The van der Waals surface area contributed by atoms with Gasteiger partial charge in [-0.2, -0.15) is 4.67 Å². The molecule has 0 aliphatic carbocycles. The average Bonchev–Trinajstić information content (AvgIpc) is 3.19. The first-order valence-electron chi connectivity index (χ1n) is 10.8. The molecule has 0 radical (unpaired) electrons. The summed E-state index contributed by atoms with van der Waals surface area (Å²) < 4.78 is 21.2. The molecule has 2 heterocycles. The monoisotopic (exact) mass is 429 g/mol. The van der Waals surface area contributed by atoms with Crippen LogP contribution in [-0.2, 0) is 4.74 Å². The van der Waals surface area contributed by atoms with E-state index in [2.05, 4.69) is 77.5 Å². The second-order valence-electron chi connectivity index (χ2n) is 8.15. The van der Waals surface area contributed by atoms with Gasteiger partial charge in [0.1, 0.15) is 11.2 Å². The van der Waals surface area contributed by atoms with Crippen molar-refractivity contribution in [2.45, 2.75) is 18.9 Å². The van der Waals surface area contributed by atoms with Crippen molar-refractivity contribution >= 4 is 51.6 Å². The molecule has 4 nitrogen and oxygen atoms in total. The van der Waals surface area contributed by atoms with E-state index in [-0.39, 0.29) is 0 Å². The lowest BCUT2D eigenvalue weighted by Gasteiger charge is -2.19. The first-order chi connectivity index (χ1) is 15.3. The Bertz CT molecular complexity index is 1360. The van der Waals surface area contributed by atoms with E-state index in [1.807, 2.05) is 0 Å². The van der Waals surface area contributed by atoms with Crippen molar-refractivity contribution in [3.63, 3.8) is 0 Å². The third kappa shape index (κ3) is 3.14. The van der Waals surface area contributed by atoms with E-state index in [1.54, 1.807) is 7.11 Å². The smallest absolute Gasteiger partial charge is 0.310 e. The fourth-order valence-corrected chi connectivity index (χ4v) is 6.50. The minimum absolute atomic E-state index is 0.321. The number of hydrogen-bond donors (Lipinski definition) is 0. The van der Waals surface area contributed by atoms with Crippen LogP contribution >= 0.6 is 8.16 Å². The van der Waals surface area contributed by atoms with Gasteiger partial charge in [0.15, 0.2) is 0 Å². The summed E-state index contributed by atoms with van der Waals surface area (Å²) in [5.74, 6) is 0. The second-order valence-corrected chi connectivity index (χ2v) is 9.51. The quantitative estimate of drug-likeness (QED) is 0.301. The largest absolute Gasteiger partial charge is 0.408 e. The van der Waals surface area contributed by atoms with Gasteiger partial charge in [-0.25, -0.2) is 0 Å². The fourth-order valence-electron chi connectivity index (χ4n) is 4.86. The van der Waals surface area contributed by atoms with Crippen molar-refractivity contribution in [3.8, 4) is 0 Å². The molecule has 5 heteroatoms. The number of hydrogen-bond acceptors (Lipinski definition) is 4. The Labute approximate surface area is 181 Å². The molecule has 6 rings (SSSR count). The lowest BCUT2D eigenvalue weighted by atomic mass is 9.99. The van der Waals surface area contributed by atoms with E-state index in [9.17, 15) is 0 Å². The van der Waals surface area contributed by atoms with Gasteiger partial charge in [0.2, 0.25) is 0 Å². The van der Waals surface area contributed by atoms with E-state index in [0.29, 0.717) is 12.6 Å². The van der Waals surface area contributed by atoms with E-state index in [4.69, 9.17) is 13.1 Å². The van der Waals surface area contributed by atoms with Gasteiger partial charge in [-0.3, -0.25) is 0 Å². The Morgan fingerprint density at radius 2 is 1.42 bits per heavy atom. The summed E-state index contributed by atoms with van der Waals surface area (Å²) in [4.78, 5) is 0. The summed E-state index contributed by atoms with van der Waals surface area (Å²) in [6, 6.07) is 25.9. The summed E-state index contributed by atoms with van der Waals surface area (Å²) in [5, 5.41) is 7.03. The molecule has 0 spiro atoms. The molecule has 0 bridgehead atoms. The minimum atomic E-state index is -1.28. The van der Waals surface area contributed by atoms with Gasteiger partial charge < -0.3 is 13.1 Å². The molecule has 0 unspecified atom stereocenters. The predicted octanol–water partition coefficient (Wildman–Crippen LogP) is 7.34. The Hall–Kier alpha value is -2.78. The maximum absolute atomic E-state index is 6.67. The molecule has 1 atom stereocenters. The van der Waals surface area contributed by atoms with Crippen LogP contribution in [0.2, 0.25) is 0 Å². The number of nitrogens with zero attached hydrogens (tertiary/aromatic N) is 1. The zero-order valence-electron chi connectivity index (χ0n) is 17.5. The molecular formula is C26H24NO3P. The van der Waals surface area contributed by atoms with Gasteiger partial charge in [0.05, 0.1) is 6.61 Å². The Kier molecular flexibility index (Phi) is 4.72. The lowest BCUT2D eigenvalue weighted by molar-refractivity contribution is 0.182. The van der Waals surface area contributed by atoms with Crippen LogP contribution in [0.1, 0.15) is 12.8 Å². The van der Waals surface area contributed by atoms with E-state index >= 15 is 0 Å². The summed E-state index contributed by atoms with van der Waals surface area (Å²) in [7, 11) is 0.484. The van der Waals surface area contributed by atoms with Crippen LogP contribution in [0.3, 0.4) is 0 Å². The average molecular weight is 429 g/mol. The van der Waals surface area contributed by atoms with Crippen LogP contribution in [0, 0.1) is 0 Å². The van der Waals surface area contributed by atoms with Crippen LogP contribution < -0.4 is 4.67 Å². The Morgan fingerprint density at radius 3 is 2.00 bits per heavy atom.